The largest absolute Gasteiger partial charge is 0.383 e. The third-order valence-electron chi connectivity index (χ3n) is 2.67. The smallest absolute Gasteiger partial charge is 0.158 e. The lowest BCUT2D eigenvalue weighted by atomic mass is 10.4. The molecule has 0 aliphatic rings. The number of nitrogens with zero attached hydrogens (tertiary/aromatic N) is 3. The van der Waals surface area contributed by atoms with Crippen LogP contribution in [0.3, 0.4) is 0 Å². The summed E-state index contributed by atoms with van der Waals surface area (Å²) >= 11 is 0. The lowest BCUT2D eigenvalue weighted by Crippen LogP contribution is -2.28. The zero-order valence-corrected chi connectivity index (χ0v) is 12.3. The molecule has 114 valence electrons. The van der Waals surface area contributed by atoms with Gasteiger partial charge < -0.3 is 25.1 Å². The third kappa shape index (κ3) is 6.11. The molecule has 8 heteroatoms. The fourth-order valence-corrected chi connectivity index (χ4v) is 1.59. The number of rotatable bonds is 10. The summed E-state index contributed by atoms with van der Waals surface area (Å²) in [5, 5.41) is 3.24. The summed E-state index contributed by atoms with van der Waals surface area (Å²) in [5.41, 5.74) is 2.52. The normalized spacial score (nSPS) is 10.8. The summed E-state index contributed by atoms with van der Waals surface area (Å²) < 4.78 is 10.1. The second kappa shape index (κ2) is 9.43. The van der Waals surface area contributed by atoms with E-state index in [1.807, 2.05) is 7.05 Å². The SMILES string of the molecule is COCCN(C)CCNc1cc(NN)nc(COC)n1. The number of aromatic nitrogens is 2. The van der Waals surface area contributed by atoms with E-state index in [2.05, 4.69) is 25.6 Å². The molecule has 1 rings (SSSR count). The Morgan fingerprint density at radius 1 is 1.20 bits per heavy atom. The number of ether oxygens (including phenoxy) is 2. The van der Waals surface area contributed by atoms with Gasteiger partial charge in [0.15, 0.2) is 5.82 Å². The number of nitrogen functional groups attached to an aromatic ring is 1. The van der Waals surface area contributed by atoms with E-state index >= 15 is 0 Å². The quantitative estimate of drug-likeness (QED) is 0.405. The maximum absolute atomic E-state index is 5.38. The van der Waals surface area contributed by atoms with Gasteiger partial charge in [0.2, 0.25) is 0 Å². The molecule has 20 heavy (non-hydrogen) atoms. The molecule has 0 radical (unpaired) electrons. The maximum atomic E-state index is 5.38. The lowest BCUT2D eigenvalue weighted by Gasteiger charge is -2.16. The van der Waals surface area contributed by atoms with Gasteiger partial charge in [0, 0.05) is 39.9 Å². The highest BCUT2D eigenvalue weighted by Crippen LogP contribution is 2.10. The minimum atomic E-state index is 0.345. The number of nitrogens with one attached hydrogen (secondary N) is 2. The van der Waals surface area contributed by atoms with Gasteiger partial charge in [-0.3, -0.25) is 0 Å². The number of likely N-dealkylation sites (N-methyl/N-ethyl adjacent to an activating group) is 1. The summed E-state index contributed by atoms with van der Waals surface area (Å²) in [6, 6.07) is 1.76. The van der Waals surface area contributed by atoms with Crippen molar-refractivity contribution in [2.24, 2.45) is 5.84 Å². The van der Waals surface area contributed by atoms with E-state index in [0.717, 1.165) is 32.1 Å². The van der Waals surface area contributed by atoms with E-state index in [0.29, 0.717) is 18.2 Å². The van der Waals surface area contributed by atoms with E-state index in [9.17, 15) is 0 Å². The molecule has 0 fully saturated rings. The van der Waals surface area contributed by atoms with Crippen LogP contribution in [0.25, 0.3) is 0 Å². The fourth-order valence-electron chi connectivity index (χ4n) is 1.59. The van der Waals surface area contributed by atoms with E-state index in [4.69, 9.17) is 15.3 Å². The Morgan fingerprint density at radius 2 is 1.95 bits per heavy atom. The van der Waals surface area contributed by atoms with E-state index in [1.165, 1.54) is 0 Å². The van der Waals surface area contributed by atoms with Crippen LogP contribution < -0.4 is 16.6 Å². The highest BCUT2D eigenvalue weighted by Gasteiger charge is 2.04. The molecule has 0 saturated carbocycles. The zero-order valence-electron chi connectivity index (χ0n) is 12.3. The number of nitrogens with two attached hydrogens (primary N) is 1. The molecule has 4 N–H and O–H groups in total. The summed E-state index contributed by atoms with van der Waals surface area (Å²) in [6.07, 6.45) is 0. The molecular weight excluding hydrogens is 260 g/mol. The van der Waals surface area contributed by atoms with Gasteiger partial charge in [0.1, 0.15) is 18.2 Å². The van der Waals surface area contributed by atoms with Crippen molar-refractivity contribution >= 4 is 11.6 Å². The van der Waals surface area contributed by atoms with Crippen molar-refractivity contribution < 1.29 is 9.47 Å². The van der Waals surface area contributed by atoms with Crippen molar-refractivity contribution in [1.29, 1.82) is 0 Å². The third-order valence-corrected chi connectivity index (χ3v) is 2.67. The standard InChI is InChI=1S/C12H24N6O2/c1-18(6-7-19-2)5-4-14-10-8-11(17-13)16-12(15-10)9-20-3/h8H,4-7,9,13H2,1-3H3,(H2,14,15,16,17). The Bertz CT molecular complexity index is 390. The highest BCUT2D eigenvalue weighted by atomic mass is 16.5. The van der Waals surface area contributed by atoms with E-state index in [1.54, 1.807) is 20.3 Å². The minimum absolute atomic E-state index is 0.345. The van der Waals surface area contributed by atoms with Crippen molar-refractivity contribution in [1.82, 2.24) is 14.9 Å². The molecule has 0 amide bonds. The maximum Gasteiger partial charge on any atom is 0.158 e. The second-order valence-electron chi connectivity index (χ2n) is 4.35. The van der Waals surface area contributed by atoms with Crippen LogP contribution in [0.1, 0.15) is 5.82 Å². The summed E-state index contributed by atoms with van der Waals surface area (Å²) in [6.45, 7) is 3.62. The topological polar surface area (TPSA) is 97.6 Å². The van der Waals surface area contributed by atoms with Crippen LogP contribution in [0.15, 0.2) is 6.07 Å². The Morgan fingerprint density at radius 3 is 2.60 bits per heavy atom. The molecule has 1 aromatic rings. The number of anilines is 2. The van der Waals surface area contributed by atoms with Crippen molar-refractivity contribution in [2.45, 2.75) is 6.61 Å². The van der Waals surface area contributed by atoms with Crippen LogP contribution in [0.2, 0.25) is 0 Å². The number of methoxy groups -OCH3 is 2. The first-order chi connectivity index (χ1) is 9.69. The van der Waals surface area contributed by atoms with Crippen molar-refractivity contribution in [3.63, 3.8) is 0 Å². The number of hydrazine groups is 1. The summed E-state index contributed by atoms with van der Waals surface area (Å²) in [7, 11) is 5.35. The van der Waals surface area contributed by atoms with Crippen LogP contribution in [-0.4, -0.2) is 62.4 Å². The first-order valence-corrected chi connectivity index (χ1v) is 6.44. The Balaban J connectivity index is 2.47. The molecule has 1 aromatic heterocycles. The van der Waals surface area contributed by atoms with Crippen molar-refractivity contribution in [3.8, 4) is 0 Å². The van der Waals surface area contributed by atoms with E-state index in [-0.39, 0.29) is 0 Å². The van der Waals surface area contributed by atoms with Crippen LogP contribution in [0.5, 0.6) is 0 Å². The first-order valence-electron chi connectivity index (χ1n) is 6.44. The first kappa shape index (κ1) is 16.6. The predicted molar refractivity (Wildman–Crippen MR) is 78.4 cm³/mol. The molecule has 0 atom stereocenters. The van der Waals surface area contributed by atoms with E-state index < -0.39 is 0 Å². The minimum Gasteiger partial charge on any atom is -0.383 e. The monoisotopic (exact) mass is 284 g/mol. The molecule has 0 aliphatic heterocycles. The van der Waals surface area contributed by atoms with Crippen molar-refractivity contribution in [3.05, 3.63) is 11.9 Å². The lowest BCUT2D eigenvalue weighted by molar-refractivity contribution is 0.163. The summed E-state index contributed by atoms with van der Waals surface area (Å²) in [4.78, 5) is 10.7. The van der Waals surface area contributed by atoms with Gasteiger partial charge in [-0.15, -0.1) is 0 Å². The Kier molecular flexibility index (Phi) is 7.81. The number of hydrogen-bond donors (Lipinski definition) is 3. The van der Waals surface area contributed by atoms with Gasteiger partial charge in [-0.2, -0.15) is 0 Å². The Hall–Kier alpha value is -1.48. The molecule has 0 aliphatic carbocycles. The molecule has 1 heterocycles. The van der Waals surface area contributed by atoms with Gasteiger partial charge >= 0.3 is 0 Å². The average molecular weight is 284 g/mol. The average Bonchev–Trinajstić information content (AvgIpc) is 2.45. The fraction of sp³-hybridized carbons (Fsp3) is 0.667. The van der Waals surface area contributed by atoms with Crippen LogP contribution >= 0.6 is 0 Å². The molecule has 0 unspecified atom stereocenters. The van der Waals surface area contributed by atoms with Gasteiger partial charge in [-0.1, -0.05) is 0 Å². The van der Waals surface area contributed by atoms with Gasteiger partial charge in [0.25, 0.3) is 0 Å². The molecular formula is C12H24N6O2. The second-order valence-corrected chi connectivity index (χ2v) is 4.35. The highest BCUT2D eigenvalue weighted by molar-refractivity contribution is 5.46. The molecule has 0 bridgehead atoms. The molecule has 8 nitrogen and oxygen atoms in total. The van der Waals surface area contributed by atoms with Crippen LogP contribution in [0, 0.1) is 0 Å². The molecule has 0 spiro atoms. The van der Waals surface area contributed by atoms with Crippen molar-refractivity contribution in [2.75, 3.05) is 58.3 Å². The Labute approximate surface area is 119 Å². The number of hydrogen-bond acceptors (Lipinski definition) is 8. The van der Waals surface area contributed by atoms with Gasteiger partial charge in [-0.05, 0) is 7.05 Å². The summed E-state index contributed by atoms with van der Waals surface area (Å²) in [5.74, 6) is 7.25. The van der Waals surface area contributed by atoms with Crippen LogP contribution in [-0.2, 0) is 16.1 Å². The zero-order chi connectivity index (χ0) is 14.8. The molecule has 0 saturated heterocycles. The molecule has 0 aromatic carbocycles. The van der Waals surface area contributed by atoms with Gasteiger partial charge in [-0.25, -0.2) is 15.8 Å². The van der Waals surface area contributed by atoms with Crippen LogP contribution in [0.4, 0.5) is 11.6 Å². The predicted octanol–water partition coefficient (Wildman–Crippen LogP) is -0.101. The van der Waals surface area contributed by atoms with Gasteiger partial charge in [0.05, 0.1) is 6.61 Å².